The molecule has 1 aromatic heterocycles. The van der Waals surface area contributed by atoms with Crippen molar-refractivity contribution in [3.8, 4) is 0 Å². The van der Waals surface area contributed by atoms with Crippen molar-refractivity contribution in [1.82, 2.24) is 10.3 Å². The number of nitrogens with one attached hydrogen (secondary N) is 2. The summed E-state index contributed by atoms with van der Waals surface area (Å²) < 4.78 is 0. The molecule has 1 heterocycles. The summed E-state index contributed by atoms with van der Waals surface area (Å²) in [5, 5.41) is 14.9. The summed E-state index contributed by atoms with van der Waals surface area (Å²) in [6.07, 6.45) is 4.39. The number of hydrogen-bond donors (Lipinski definition) is 2. The first-order valence-electron chi connectivity index (χ1n) is 8.08. The van der Waals surface area contributed by atoms with Crippen LogP contribution in [0.4, 0.5) is 0 Å². The minimum absolute atomic E-state index is 0.141. The smallest absolute Gasteiger partial charge is 0.220 e. The SMILES string of the molecule is CC[C@H](C)[C@H](NC(=O)CCCc1c[nH]c2ccccc12)C(=O)[O-]. The zero-order valence-electron chi connectivity index (χ0n) is 13.6. The van der Waals surface area contributed by atoms with Crippen LogP contribution in [0.3, 0.4) is 0 Å². The van der Waals surface area contributed by atoms with Gasteiger partial charge in [-0.3, -0.25) is 4.79 Å². The number of carbonyl (C=O) groups is 2. The molecule has 23 heavy (non-hydrogen) atoms. The molecular formula is C18H23N2O3-. The molecule has 2 aromatic rings. The van der Waals surface area contributed by atoms with Crippen LogP contribution in [0.25, 0.3) is 10.9 Å². The molecule has 0 unspecified atom stereocenters. The van der Waals surface area contributed by atoms with Gasteiger partial charge in [0.25, 0.3) is 0 Å². The molecule has 2 N–H and O–H groups in total. The Morgan fingerprint density at radius 2 is 2.04 bits per heavy atom. The number of hydrogen-bond acceptors (Lipinski definition) is 3. The van der Waals surface area contributed by atoms with Crippen LogP contribution in [0.15, 0.2) is 30.5 Å². The molecule has 0 spiro atoms. The van der Waals surface area contributed by atoms with E-state index < -0.39 is 12.0 Å². The third kappa shape index (κ3) is 4.34. The summed E-state index contributed by atoms with van der Waals surface area (Å²) in [5.74, 6) is -1.60. The third-order valence-electron chi connectivity index (χ3n) is 4.31. The van der Waals surface area contributed by atoms with Gasteiger partial charge in [-0.1, -0.05) is 38.5 Å². The van der Waals surface area contributed by atoms with Gasteiger partial charge in [-0.05, 0) is 30.4 Å². The quantitative estimate of drug-likeness (QED) is 0.778. The van der Waals surface area contributed by atoms with Crippen molar-refractivity contribution in [1.29, 1.82) is 0 Å². The van der Waals surface area contributed by atoms with Gasteiger partial charge in [-0.25, -0.2) is 0 Å². The average molecular weight is 315 g/mol. The fourth-order valence-electron chi connectivity index (χ4n) is 2.69. The molecule has 0 saturated carbocycles. The van der Waals surface area contributed by atoms with Gasteiger partial charge in [-0.2, -0.15) is 0 Å². The zero-order chi connectivity index (χ0) is 16.8. The number of benzene rings is 1. The second kappa shape index (κ2) is 7.81. The highest BCUT2D eigenvalue weighted by Crippen LogP contribution is 2.19. The lowest BCUT2D eigenvalue weighted by atomic mass is 9.99. The molecule has 1 aromatic carbocycles. The second-order valence-corrected chi connectivity index (χ2v) is 5.96. The molecule has 0 aliphatic carbocycles. The minimum Gasteiger partial charge on any atom is -0.548 e. The standard InChI is InChI=1S/C18H24N2O3/c1-3-12(2)17(18(22)23)20-16(21)10-6-7-13-11-19-15-9-5-4-8-14(13)15/h4-5,8-9,11-12,17,19H,3,6-7,10H2,1-2H3,(H,20,21)(H,22,23)/p-1/t12-,17-/m0/s1. The van der Waals surface area contributed by atoms with E-state index >= 15 is 0 Å². The van der Waals surface area contributed by atoms with Crippen LogP contribution in [-0.2, 0) is 16.0 Å². The van der Waals surface area contributed by atoms with E-state index in [0.29, 0.717) is 19.3 Å². The molecule has 2 atom stereocenters. The van der Waals surface area contributed by atoms with E-state index in [-0.39, 0.29) is 11.8 Å². The highest BCUT2D eigenvalue weighted by molar-refractivity contribution is 5.84. The van der Waals surface area contributed by atoms with Crippen molar-refractivity contribution < 1.29 is 14.7 Å². The van der Waals surface area contributed by atoms with Gasteiger partial charge in [0, 0.05) is 23.5 Å². The van der Waals surface area contributed by atoms with Gasteiger partial charge >= 0.3 is 0 Å². The van der Waals surface area contributed by atoms with Crippen LogP contribution in [0.1, 0.15) is 38.7 Å². The van der Waals surface area contributed by atoms with Crippen molar-refractivity contribution in [2.24, 2.45) is 5.92 Å². The average Bonchev–Trinajstić information content (AvgIpc) is 2.95. The van der Waals surface area contributed by atoms with Gasteiger partial charge in [0.15, 0.2) is 0 Å². The summed E-state index contributed by atoms with van der Waals surface area (Å²) in [7, 11) is 0. The first-order chi connectivity index (χ1) is 11.0. The topological polar surface area (TPSA) is 85.0 Å². The van der Waals surface area contributed by atoms with Crippen molar-refractivity contribution >= 4 is 22.8 Å². The van der Waals surface area contributed by atoms with E-state index in [2.05, 4.69) is 16.4 Å². The summed E-state index contributed by atoms with van der Waals surface area (Å²) in [5.41, 5.74) is 2.26. The van der Waals surface area contributed by atoms with Gasteiger partial charge in [-0.15, -0.1) is 0 Å². The number of amides is 1. The molecule has 0 saturated heterocycles. The summed E-state index contributed by atoms with van der Waals surface area (Å²) in [6, 6.07) is 7.12. The molecule has 0 bridgehead atoms. The third-order valence-corrected chi connectivity index (χ3v) is 4.31. The van der Waals surface area contributed by atoms with Crippen LogP contribution >= 0.6 is 0 Å². The number of para-hydroxylation sites is 1. The number of fused-ring (bicyclic) bond motifs is 1. The predicted molar refractivity (Wildman–Crippen MR) is 87.6 cm³/mol. The lowest BCUT2D eigenvalue weighted by Gasteiger charge is -2.25. The number of carboxylic acid groups (broad SMARTS) is 1. The lowest BCUT2D eigenvalue weighted by molar-refractivity contribution is -0.309. The van der Waals surface area contributed by atoms with Crippen molar-refractivity contribution in [3.05, 3.63) is 36.0 Å². The maximum Gasteiger partial charge on any atom is 0.220 e. The van der Waals surface area contributed by atoms with Gasteiger partial charge in [0.2, 0.25) is 5.91 Å². The number of carboxylic acids is 1. The monoisotopic (exact) mass is 315 g/mol. The maximum absolute atomic E-state index is 12.0. The molecule has 5 heteroatoms. The van der Waals surface area contributed by atoms with Crippen LogP contribution in [0, 0.1) is 5.92 Å². The predicted octanol–water partition coefficient (Wildman–Crippen LogP) is 1.77. The van der Waals surface area contributed by atoms with E-state index in [4.69, 9.17) is 0 Å². The highest BCUT2D eigenvalue weighted by atomic mass is 16.4. The minimum atomic E-state index is -1.22. The Labute approximate surface area is 136 Å². The van der Waals surface area contributed by atoms with Crippen LogP contribution < -0.4 is 10.4 Å². The van der Waals surface area contributed by atoms with Gasteiger partial charge < -0.3 is 20.2 Å². The Balaban J connectivity index is 1.86. The molecule has 0 fully saturated rings. The van der Waals surface area contributed by atoms with Crippen molar-refractivity contribution in [3.63, 3.8) is 0 Å². The summed E-state index contributed by atoms with van der Waals surface area (Å²) >= 11 is 0. The molecule has 124 valence electrons. The van der Waals surface area contributed by atoms with E-state index in [1.807, 2.05) is 31.3 Å². The van der Waals surface area contributed by atoms with E-state index in [1.165, 1.54) is 10.9 Å². The molecule has 2 rings (SSSR count). The molecule has 0 aliphatic heterocycles. The first-order valence-corrected chi connectivity index (χ1v) is 8.08. The Kier molecular flexibility index (Phi) is 5.79. The molecule has 5 nitrogen and oxygen atoms in total. The second-order valence-electron chi connectivity index (χ2n) is 5.96. The molecule has 0 radical (unpaired) electrons. The van der Waals surface area contributed by atoms with Crippen LogP contribution in [-0.4, -0.2) is 22.9 Å². The fraction of sp³-hybridized carbons (Fsp3) is 0.444. The van der Waals surface area contributed by atoms with E-state index in [1.54, 1.807) is 6.92 Å². The Morgan fingerprint density at radius 3 is 2.74 bits per heavy atom. The highest BCUT2D eigenvalue weighted by Gasteiger charge is 2.19. The number of H-pyrrole nitrogens is 1. The number of carbonyl (C=O) groups excluding carboxylic acids is 2. The first kappa shape index (κ1) is 17.1. The summed E-state index contributed by atoms with van der Waals surface area (Å²) in [4.78, 5) is 26.3. The van der Waals surface area contributed by atoms with Crippen LogP contribution in [0.5, 0.6) is 0 Å². The molecule has 0 aliphatic rings. The fourth-order valence-corrected chi connectivity index (χ4v) is 2.69. The number of rotatable bonds is 8. The van der Waals surface area contributed by atoms with E-state index in [0.717, 1.165) is 11.9 Å². The van der Waals surface area contributed by atoms with Gasteiger partial charge in [0.1, 0.15) is 0 Å². The number of aryl methyl sites for hydroxylation is 1. The Morgan fingerprint density at radius 1 is 1.30 bits per heavy atom. The van der Waals surface area contributed by atoms with E-state index in [9.17, 15) is 14.7 Å². The Bertz CT molecular complexity index is 678. The number of aromatic amines is 1. The van der Waals surface area contributed by atoms with Crippen molar-refractivity contribution in [2.75, 3.05) is 0 Å². The summed E-state index contributed by atoms with van der Waals surface area (Å²) in [6.45, 7) is 3.69. The van der Waals surface area contributed by atoms with Gasteiger partial charge in [0.05, 0.1) is 12.0 Å². The normalized spacial score (nSPS) is 13.7. The largest absolute Gasteiger partial charge is 0.548 e. The number of aromatic nitrogens is 1. The lowest BCUT2D eigenvalue weighted by Crippen LogP contribution is -2.51. The molecule has 1 amide bonds. The molecular weight excluding hydrogens is 292 g/mol. The number of aliphatic carboxylic acids is 1. The van der Waals surface area contributed by atoms with Crippen LogP contribution in [0.2, 0.25) is 0 Å². The zero-order valence-corrected chi connectivity index (χ0v) is 13.6. The van der Waals surface area contributed by atoms with Crippen molar-refractivity contribution in [2.45, 2.75) is 45.6 Å². The maximum atomic E-state index is 12.0. The Hall–Kier alpha value is -2.30.